The molecule has 0 aliphatic rings. The Balaban J connectivity index is 2.04. The van der Waals surface area contributed by atoms with Gasteiger partial charge in [0.1, 0.15) is 12.3 Å². The fourth-order valence-electron chi connectivity index (χ4n) is 3.69. The molecule has 3 aromatic carbocycles. The Morgan fingerprint density at radius 1 is 0.912 bits per heavy atom. The first-order valence-corrected chi connectivity index (χ1v) is 13.0. The average molecular weight is 501 g/mol. The van der Waals surface area contributed by atoms with Crippen LogP contribution in [0.1, 0.15) is 31.9 Å². The highest BCUT2D eigenvalue weighted by Gasteiger charge is 2.29. The molecule has 3 rings (SSSR count). The molecule has 0 fully saturated rings. The number of anilines is 2. The lowest BCUT2D eigenvalue weighted by molar-refractivity contribution is -0.114. The number of hydrogen-bond acceptors (Lipinski definition) is 4. The summed E-state index contributed by atoms with van der Waals surface area (Å²) in [7, 11) is -4.10. The molecule has 34 heavy (non-hydrogen) atoms. The van der Waals surface area contributed by atoms with Crippen LogP contribution in [-0.4, -0.2) is 27.5 Å². The minimum atomic E-state index is -4.10. The van der Waals surface area contributed by atoms with E-state index in [9.17, 15) is 13.2 Å². The van der Waals surface area contributed by atoms with E-state index in [0.717, 1.165) is 34.0 Å². The van der Waals surface area contributed by atoms with Crippen LogP contribution in [0.5, 0.6) is 5.75 Å². The molecule has 0 unspecified atom stereocenters. The van der Waals surface area contributed by atoms with Crippen LogP contribution in [0.4, 0.5) is 11.4 Å². The average Bonchev–Trinajstić information content (AvgIpc) is 2.83. The quantitative estimate of drug-likeness (QED) is 0.387. The van der Waals surface area contributed by atoms with Gasteiger partial charge >= 0.3 is 0 Å². The lowest BCUT2D eigenvalue weighted by atomic mass is 10.0. The number of ether oxygens (including phenoxy) is 1. The summed E-state index contributed by atoms with van der Waals surface area (Å²) in [5, 5.41) is 3.38. The van der Waals surface area contributed by atoms with Crippen LogP contribution in [0.15, 0.2) is 71.6 Å². The molecule has 0 aliphatic heterocycles. The van der Waals surface area contributed by atoms with E-state index < -0.39 is 22.5 Å². The normalized spacial score (nSPS) is 11.2. The van der Waals surface area contributed by atoms with Gasteiger partial charge in [-0.05, 0) is 67.3 Å². The van der Waals surface area contributed by atoms with Crippen molar-refractivity contribution in [2.75, 3.05) is 22.8 Å². The van der Waals surface area contributed by atoms with Gasteiger partial charge in [0.15, 0.2) is 0 Å². The van der Waals surface area contributed by atoms with Crippen LogP contribution in [0.2, 0.25) is 5.02 Å². The summed E-state index contributed by atoms with van der Waals surface area (Å²) in [4.78, 5) is 13.3. The van der Waals surface area contributed by atoms with Gasteiger partial charge in [0.05, 0.1) is 17.2 Å². The van der Waals surface area contributed by atoms with Crippen molar-refractivity contribution in [3.05, 3.63) is 82.9 Å². The third-order valence-electron chi connectivity index (χ3n) is 5.39. The van der Waals surface area contributed by atoms with E-state index in [-0.39, 0.29) is 10.6 Å². The zero-order chi connectivity index (χ0) is 24.7. The van der Waals surface area contributed by atoms with E-state index in [1.807, 2.05) is 39.0 Å². The van der Waals surface area contributed by atoms with Gasteiger partial charge < -0.3 is 10.1 Å². The number of para-hydroxylation sites is 3. The van der Waals surface area contributed by atoms with Gasteiger partial charge in [0.25, 0.3) is 10.0 Å². The molecular formula is C26H29ClN2O4S. The number of nitrogens with zero attached hydrogens (tertiary/aromatic N) is 1. The third kappa shape index (κ3) is 5.72. The standard InChI is InChI=1S/C26H29ClN2O4S/c1-4-19-10-9-11-20(5-2)26(19)28-25(30)18-29(23-12-7-8-13-24(23)33-6-3)34(31,32)22-16-14-21(27)15-17-22/h7-17H,4-6,18H2,1-3H3,(H,28,30). The van der Waals surface area contributed by atoms with Gasteiger partial charge in [-0.15, -0.1) is 0 Å². The molecule has 0 aromatic heterocycles. The second-order valence-electron chi connectivity index (χ2n) is 7.57. The zero-order valence-corrected chi connectivity index (χ0v) is 21.1. The molecule has 0 saturated carbocycles. The van der Waals surface area contributed by atoms with Gasteiger partial charge in [-0.3, -0.25) is 9.10 Å². The molecule has 0 saturated heterocycles. The Bertz CT molecular complexity index is 1220. The lowest BCUT2D eigenvalue weighted by Crippen LogP contribution is -2.38. The molecule has 1 N–H and O–H groups in total. The number of carbonyl (C=O) groups excluding carboxylic acids is 1. The lowest BCUT2D eigenvalue weighted by Gasteiger charge is -2.26. The van der Waals surface area contributed by atoms with Crippen molar-refractivity contribution in [1.82, 2.24) is 0 Å². The first-order chi connectivity index (χ1) is 16.3. The first-order valence-electron chi connectivity index (χ1n) is 11.2. The summed E-state index contributed by atoms with van der Waals surface area (Å²) in [6, 6.07) is 18.5. The van der Waals surface area contributed by atoms with Crippen LogP contribution in [0.25, 0.3) is 0 Å². The molecular weight excluding hydrogens is 472 g/mol. The minimum Gasteiger partial charge on any atom is -0.492 e. The van der Waals surface area contributed by atoms with Crippen LogP contribution < -0.4 is 14.4 Å². The van der Waals surface area contributed by atoms with Crippen LogP contribution in [0.3, 0.4) is 0 Å². The van der Waals surface area contributed by atoms with Crippen molar-refractivity contribution in [3.8, 4) is 5.75 Å². The molecule has 0 atom stereocenters. The SMILES string of the molecule is CCOc1ccccc1N(CC(=O)Nc1c(CC)cccc1CC)S(=O)(=O)c1ccc(Cl)cc1. The molecule has 8 heteroatoms. The molecule has 3 aromatic rings. The number of benzene rings is 3. The highest BCUT2D eigenvalue weighted by Crippen LogP contribution is 2.33. The van der Waals surface area contributed by atoms with Crippen LogP contribution in [0, 0.1) is 0 Å². The number of amides is 1. The molecule has 0 spiro atoms. The topological polar surface area (TPSA) is 75.7 Å². The monoisotopic (exact) mass is 500 g/mol. The van der Waals surface area contributed by atoms with Crippen molar-refractivity contribution >= 4 is 38.9 Å². The number of halogens is 1. The molecule has 1 amide bonds. The van der Waals surface area contributed by atoms with Gasteiger partial charge in [-0.2, -0.15) is 0 Å². The minimum absolute atomic E-state index is 0.0270. The molecule has 0 aliphatic carbocycles. The largest absolute Gasteiger partial charge is 0.492 e. The Kier molecular flexibility index (Phi) is 8.58. The van der Waals surface area contributed by atoms with Crippen molar-refractivity contribution in [2.45, 2.75) is 38.5 Å². The Morgan fingerprint density at radius 3 is 2.12 bits per heavy atom. The number of rotatable bonds is 10. The smallest absolute Gasteiger partial charge is 0.264 e. The van der Waals surface area contributed by atoms with Crippen LogP contribution >= 0.6 is 11.6 Å². The fourth-order valence-corrected chi connectivity index (χ4v) is 5.24. The summed E-state index contributed by atoms with van der Waals surface area (Å²) < 4.78 is 34.1. The second kappa shape index (κ2) is 11.4. The van der Waals surface area contributed by atoms with Gasteiger partial charge in [0.2, 0.25) is 5.91 Å². The molecule has 0 bridgehead atoms. The van der Waals surface area contributed by atoms with E-state index in [2.05, 4.69) is 5.32 Å². The van der Waals surface area contributed by atoms with E-state index in [0.29, 0.717) is 17.4 Å². The van der Waals surface area contributed by atoms with Crippen molar-refractivity contribution in [2.24, 2.45) is 0 Å². The summed E-state index contributed by atoms with van der Waals surface area (Å²) in [6.45, 7) is 5.77. The number of hydrogen-bond donors (Lipinski definition) is 1. The highest BCUT2D eigenvalue weighted by molar-refractivity contribution is 7.92. The summed E-state index contributed by atoms with van der Waals surface area (Å²) in [5.74, 6) is -0.0713. The maximum atomic E-state index is 13.7. The van der Waals surface area contributed by atoms with Gasteiger partial charge in [-0.1, -0.05) is 55.8 Å². The Labute approximate surface area is 206 Å². The van der Waals surface area contributed by atoms with E-state index in [4.69, 9.17) is 16.3 Å². The Morgan fingerprint density at radius 2 is 1.53 bits per heavy atom. The Hall–Kier alpha value is -3.03. The summed E-state index contributed by atoms with van der Waals surface area (Å²) >= 11 is 5.96. The fraction of sp³-hybridized carbons (Fsp3) is 0.269. The predicted octanol–water partition coefficient (Wildman–Crippen LogP) is 5.70. The van der Waals surface area contributed by atoms with E-state index in [1.54, 1.807) is 24.3 Å². The van der Waals surface area contributed by atoms with Crippen LogP contribution in [-0.2, 0) is 27.7 Å². The molecule has 6 nitrogen and oxygen atoms in total. The van der Waals surface area contributed by atoms with Crippen molar-refractivity contribution < 1.29 is 17.9 Å². The molecule has 0 radical (unpaired) electrons. The van der Waals surface area contributed by atoms with E-state index in [1.165, 1.54) is 24.3 Å². The highest BCUT2D eigenvalue weighted by atomic mass is 35.5. The summed E-state index contributed by atoms with van der Waals surface area (Å²) in [5.41, 5.74) is 3.01. The zero-order valence-electron chi connectivity index (χ0n) is 19.5. The third-order valence-corrected chi connectivity index (χ3v) is 7.41. The van der Waals surface area contributed by atoms with E-state index >= 15 is 0 Å². The molecule has 0 heterocycles. The first kappa shape index (κ1) is 25.6. The maximum Gasteiger partial charge on any atom is 0.264 e. The second-order valence-corrected chi connectivity index (χ2v) is 9.87. The van der Waals surface area contributed by atoms with Gasteiger partial charge in [0, 0.05) is 10.7 Å². The molecule has 180 valence electrons. The van der Waals surface area contributed by atoms with Crippen molar-refractivity contribution in [3.63, 3.8) is 0 Å². The number of aryl methyl sites for hydroxylation is 2. The predicted molar refractivity (Wildman–Crippen MR) is 137 cm³/mol. The number of nitrogens with one attached hydrogen (secondary N) is 1. The number of carbonyl (C=O) groups is 1. The summed E-state index contributed by atoms with van der Waals surface area (Å²) in [6.07, 6.45) is 1.48. The van der Waals surface area contributed by atoms with Gasteiger partial charge in [-0.25, -0.2) is 8.42 Å². The maximum absolute atomic E-state index is 13.7. The van der Waals surface area contributed by atoms with Crippen molar-refractivity contribution in [1.29, 1.82) is 0 Å². The number of sulfonamides is 1.